The minimum atomic E-state index is 0.880. The molecule has 0 unspecified atom stereocenters. The van der Waals surface area contributed by atoms with E-state index in [1.807, 2.05) is 12.1 Å². The number of hydrogen-bond donors (Lipinski definition) is 0. The van der Waals surface area contributed by atoms with Crippen molar-refractivity contribution in [2.45, 2.75) is 0 Å². The van der Waals surface area contributed by atoms with Gasteiger partial charge in [-0.1, -0.05) is 158 Å². The second kappa shape index (κ2) is 13.2. The lowest BCUT2D eigenvalue weighted by Gasteiger charge is -2.27. The first-order valence-electron chi connectivity index (χ1n) is 19.2. The highest BCUT2D eigenvalue weighted by molar-refractivity contribution is 6.22. The third-order valence-electron chi connectivity index (χ3n) is 11.2. The molecule has 0 fully saturated rings. The molecule has 10 aromatic carbocycles. The van der Waals surface area contributed by atoms with E-state index in [1.165, 1.54) is 65.7 Å². The number of nitrogens with zero attached hydrogens (tertiary/aromatic N) is 1. The molecule has 1 aromatic heterocycles. The molecule has 11 rings (SSSR count). The number of para-hydroxylation sites is 1. The van der Waals surface area contributed by atoms with E-state index in [-0.39, 0.29) is 0 Å². The molecule has 0 spiro atoms. The number of benzene rings is 10. The Kier molecular flexibility index (Phi) is 7.53. The number of fused-ring (bicyclic) bond motifs is 7. The molecule has 0 atom stereocenters. The second-order valence-corrected chi connectivity index (χ2v) is 14.5. The Morgan fingerprint density at radius 2 is 0.750 bits per heavy atom. The van der Waals surface area contributed by atoms with E-state index in [4.69, 9.17) is 4.42 Å². The first kappa shape index (κ1) is 32.0. The summed E-state index contributed by atoms with van der Waals surface area (Å²) in [7, 11) is 0. The molecule has 2 nitrogen and oxygen atoms in total. The summed E-state index contributed by atoms with van der Waals surface area (Å²) in [5, 5.41) is 9.52. The molecule has 2 heteroatoms. The molecule has 0 amide bonds. The van der Waals surface area contributed by atoms with Gasteiger partial charge >= 0.3 is 0 Å². The summed E-state index contributed by atoms with van der Waals surface area (Å²) in [5.74, 6) is 0. The number of anilines is 3. The van der Waals surface area contributed by atoms with Crippen LogP contribution in [0.15, 0.2) is 217 Å². The van der Waals surface area contributed by atoms with E-state index in [2.05, 4.69) is 205 Å². The van der Waals surface area contributed by atoms with Crippen LogP contribution in [0.25, 0.3) is 87.6 Å². The summed E-state index contributed by atoms with van der Waals surface area (Å²) in [6.45, 7) is 0. The van der Waals surface area contributed by atoms with Crippen LogP contribution < -0.4 is 4.90 Å². The first-order valence-corrected chi connectivity index (χ1v) is 19.2. The first-order chi connectivity index (χ1) is 27.8. The smallest absolute Gasteiger partial charge is 0.135 e. The van der Waals surface area contributed by atoms with Gasteiger partial charge in [0.1, 0.15) is 11.2 Å². The Labute approximate surface area is 325 Å². The van der Waals surface area contributed by atoms with Crippen molar-refractivity contribution in [3.05, 3.63) is 212 Å². The fraction of sp³-hybridized carbons (Fsp3) is 0. The lowest BCUT2D eigenvalue weighted by molar-refractivity contribution is 0.669. The number of rotatable bonds is 6. The molecule has 0 aliphatic heterocycles. The van der Waals surface area contributed by atoms with Crippen molar-refractivity contribution < 1.29 is 4.42 Å². The van der Waals surface area contributed by atoms with Crippen LogP contribution in [0.2, 0.25) is 0 Å². The summed E-state index contributed by atoms with van der Waals surface area (Å²) < 4.78 is 6.30. The molecular formula is C54H35NO. The van der Waals surface area contributed by atoms with Gasteiger partial charge in [-0.3, -0.25) is 0 Å². The predicted molar refractivity (Wildman–Crippen MR) is 237 cm³/mol. The van der Waals surface area contributed by atoms with E-state index in [1.54, 1.807) is 0 Å². The number of furan rings is 1. The zero-order chi connectivity index (χ0) is 37.0. The standard InChI is InChI=1S/C54H35NO/c1-4-14-36(15-5-1)39-24-25-41-33-42(27-26-40(41)32-39)55(44-29-31-52-49(34-44)47-21-12-13-23-51(47)56-52)43-28-30-46-45-20-10-11-22-48(45)53(37-16-6-2-7-17-37)54(50(46)35-43)38-18-8-3-9-19-38/h1-35H. The highest BCUT2D eigenvalue weighted by atomic mass is 16.3. The van der Waals surface area contributed by atoms with E-state index >= 15 is 0 Å². The summed E-state index contributed by atoms with van der Waals surface area (Å²) in [6.07, 6.45) is 0. The van der Waals surface area contributed by atoms with Crippen molar-refractivity contribution in [2.24, 2.45) is 0 Å². The van der Waals surface area contributed by atoms with Crippen LogP contribution in [0.4, 0.5) is 17.1 Å². The van der Waals surface area contributed by atoms with Gasteiger partial charge in [-0.15, -0.1) is 0 Å². The summed E-state index contributed by atoms with van der Waals surface area (Å²) in [6, 6.07) is 76.6. The molecule has 11 aromatic rings. The molecule has 0 aliphatic carbocycles. The maximum absolute atomic E-state index is 6.30. The highest BCUT2D eigenvalue weighted by Crippen LogP contribution is 2.47. The maximum atomic E-state index is 6.30. The van der Waals surface area contributed by atoms with Crippen molar-refractivity contribution in [1.82, 2.24) is 0 Å². The average Bonchev–Trinajstić information content (AvgIpc) is 3.65. The summed E-state index contributed by atoms with van der Waals surface area (Å²) in [4.78, 5) is 2.40. The van der Waals surface area contributed by atoms with Gasteiger partial charge in [-0.25, -0.2) is 0 Å². The Hall–Kier alpha value is -7.42. The molecule has 56 heavy (non-hydrogen) atoms. The monoisotopic (exact) mass is 713 g/mol. The largest absolute Gasteiger partial charge is 0.456 e. The van der Waals surface area contributed by atoms with Crippen LogP contribution in [-0.2, 0) is 0 Å². The molecule has 1 heterocycles. The maximum Gasteiger partial charge on any atom is 0.135 e. The van der Waals surface area contributed by atoms with Gasteiger partial charge in [-0.05, 0) is 120 Å². The zero-order valence-electron chi connectivity index (χ0n) is 30.6. The quantitative estimate of drug-likeness (QED) is 0.160. The SMILES string of the molecule is c1ccc(-c2ccc3cc(N(c4ccc5c(c4)c(-c4ccccc4)c(-c4ccccc4)c4ccccc45)c4ccc5oc6ccccc6c5c4)ccc3c2)cc1. The van der Waals surface area contributed by atoms with Crippen molar-refractivity contribution in [1.29, 1.82) is 0 Å². The third-order valence-corrected chi connectivity index (χ3v) is 11.2. The van der Waals surface area contributed by atoms with Gasteiger partial charge in [0.25, 0.3) is 0 Å². The summed E-state index contributed by atoms with van der Waals surface area (Å²) in [5.41, 5.74) is 12.3. The van der Waals surface area contributed by atoms with Crippen LogP contribution >= 0.6 is 0 Å². The van der Waals surface area contributed by atoms with Crippen molar-refractivity contribution in [3.8, 4) is 33.4 Å². The normalized spacial score (nSPS) is 11.6. The lowest BCUT2D eigenvalue weighted by atomic mass is 9.85. The Morgan fingerprint density at radius 1 is 0.268 bits per heavy atom. The second-order valence-electron chi connectivity index (χ2n) is 14.5. The van der Waals surface area contributed by atoms with Crippen molar-refractivity contribution in [2.75, 3.05) is 4.90 Å². The molecular weight excluding hydrogens is 679 g/mol. The Balaban J connectivity index is 1.18. The van der Waals surface area contributed by atoms with E-state index in [0.29, 0.717) is 0 Å². The molecule has 262 valence electrons. The Morgan fingerprint density at radius 3 is 1.48 bits per heavy atom. The zero-order valence-corrected chi connectivity index (χ0v) is 30.6. The van der Waals surface area contributed by atoms with E-state index < -0.39 is 0 Å². The van der Waals surface area contributed by atoms with Crippen LogP contribution in [-0.4, -0.2) is 0 Å². The molecule has 0 N–H and O–H groups in total. The third kappa shape index (κ3) is 5.34. The van der Waals surface area contributed by atoms with Gasteiger partial charge in [0, 0.05) is 27.8 Å². The topological polar surface area (TPSA) is 16.4 Å². The van der Waals surface area contributed by atoms with Gasteiger partial charge in [0.2, 0.25) is 0 Å². The van der Waals surface area contributed by atoms with Crippen LogP contribution in [0.1, 0.15) is 0 Å². The van der Waals surface area contributed by atoms with Crippen LogP contribution in [0.3, 0.4) is 0 Å². The molecule has 0 saturated heterocycles. The van der Waals surface area contributed by atoms with Crippen LogP contribution in [0.5, 0.6) is 0 Å². The van der Waals surface area contributed by atoms with Gasteiger partial charge in [0.15, 0.2) is 0 Å². The van der Waals surface area contributed by atoms with E-state index in [0.717, 1.165) is 39.0 Å². The molecule has 0 saturated carbocycles. The highest BCUT2D eigenvalue weighted by Gasteiger charge is 2.21. The molecule has 0 bridgehead atoms. The fourth-order valence-corrected chi connectivity index (χ4v) is 8.61. The molecule has 0 aliphatic rings. The number of hydrogen-bond acceptors (Lipinski definition) is 2. The fourth-order valence-electron chi connectivity index (χ4n) is 8.61. The summed E-state index contributed by atoms with van der Waals surface area (Å²) >= 11 is 0. The van der Waals surface area contributed by atoms with E-state index in [9.17, 15) is 0 Å². The predicted octanol–water partition coefficient (Wildman–Crippen LogP) is 15.5. The van der Waals surface area contributed by atoms with Gasteiger partial charge < -0.3 is 9.32 Å². The Bertz CT molecular complexity index is 3240. The average molecular weight is 714 g/mol. The van der Waals surface area contributed by atoms with Gasteiger partial charge in [-0.2, -0.15) is 0 Å². The van der Waals surface area contributed by atoms with Gasteiger partial charge in [0.05, 0.1) is 0 Å². The molecule has 0 radical (unpaired) electrons. The van der Waals surface area contributed by atoms with Crippen molar-refractivity contribution >= 4 is 71.3 Å². The van der Waals surface area contributed by atoms with Crippen LogP contribution in [0, 0.1) is 0 Å². The minimum Gasteiger partial charge on any atom is -0.456 e. The minimum absolute atomic E-state index is 0.880. The van der Waals surface area contributed by atoms with Crippen molar-refractivity contribution in [3.63, 3.8) is 0 Å². The lowest BCUT2D eigenvalue weighted by Crippen LogP contribution is -2.10.